The molecule has 14 heavy (non-hydrogen) atoms. The van der Waals surface area contributed by atoms with Crippen molar-refractivity contribution in [2.45, 2.75) is 4.90 Å². The second-order valence-electron chi connectivity index (χ2n) is 2.92. The standard InChI is InChI=1S/C11H8FIS/c1-14-11-8-3-2-4-9(12)7(8)5-6-10(11)13/h2-6H,1H3. The van der Waals surface area contributed by atoms with Gasteiger partial charge in [-0.3, -0.25) is 0 Å². The Hall–Kier alpha value is -0.290. The summed E-state index contributed by atoms with van der Waals surface area (Å²) in [4.78, 5) is 1.16. The summed E-state index contributed by atoms with van der Waals surface area (Å²) >= 11 is 3.94. The largest absolute Gasteiger partial charge is 0.206 e. The Kier molecular flexibility index (Phi) is 2.97. The van der Waals surface area contributed by atoms with Gasteiger partial charge in [0.1, 0.15) is 5.82 Å². The van der Waals surface area contributed by atoms with E-state index in [0.29, 0.717) is 5.39 Å². The minimum absolute atomic E-state index is 0.144. The van der Waals surface area contributed by atoms with Crippen LogP contribution in [-0.2, 0) is 0 Å². The molecule has 2 aromatic rings. The van der Waals surface area contributed by atoms with Crippen molar-refractivity contribution in [3.05, 3.63) is 39.7 Å². The van der Waals surface area contributed by atoms with E-state index >= 15 is 0 Å². The van der Waals surface area contributed by atoms with Crippen LogP contribution in [0.25, 0.3) is 10.8 Å². The molecule has 0 amide bonds. The van der Waals surface area contributed by atoms with Crippen LogP contribution in [0.4, 0.5) is 4.39 Å². The van der Waals surface area contributed by atoms with Gasteiger partial charge >= 0.3 is 0 Å². The molecule has 0 aromatic heterocycles. The zero-order valence-corrected chi connectivity index (χ0v) is 10.5. The van der Waals surface area contributed by atoms with E-state index in [9.17, 15) is 4.39 Å². The molecule has 0 aliphatic heterocycles. The topological polar surface area (TPSA) is 0 Å². The van der Waals surface area contributed by atoms with Crippen LogP contribution in [0.2, 0.25) is 0 Å². The lowest BCUT2D eigenvalue weighted by Gasteiger charge is -2.06. The second-order valence-corrected chi connectivity index (χ2v) is 4.89. The predicted octanol–water partition coefficient (Wildman–Crippen LogP) is 4.31. The highest BCUT2D eigenvalue weighted by Crippen LogP contribution is 2.31. The fraction of sp³-hybridized carbons (Fsp3) is 0.0909. The molecular weight excluding hydrogens is 310 g/mol. The first-order chi connectivity index (χ1) is 6.74. The van der Waals surface area contributed by atoms with Crippen LogP contribution in [0.1, 0.15) is 0 Å². The average molecular weight is 318 g/mol. The van der Waals surface area contributed by atoms with Crippen molar-refractivity contribution in [2.24, 2.45) is 0 Å². The normalized spacial score (nSPS) is 10.8. The molecule has 0 radical (unpaired) electrons. The molecule has 0 saturated carbocycles. The SMILES string of the molecule is CSc1c(I)ccc2c(F)cccc12. The fourth-order valence-corrected chi connectivity index (χ4v) is 3.26. The maximum atomic E-state index is 13.4. The summed E-state index contributed by atoms with van der Waals surface area (Å²) in [7, 11) is 0. The van der Waals surface area contributed by atoms with Crippen LogP contribution in [0.15, 0.2) is 35.2 Å². The van der Waals surface area contributed by atoms with Gasteiger partial charge in [-0.05, 0) is 46.4 Å². The number of rotatable bonds is 1. The lowest BCUT2D eigenvalue weighted by atomic mass is 10.1. The van der Waals surface area contributed by atoms with Crippen LogP contribution in [-0.4, -0.2) is 6.26 Å². The summed E-state index contributed by atoms with van der Waals surface area (Å²) in [5, 5.41) is 1.71. The Bertz CT molecular complexity index is 482. The van der Waals surface area contributed by atoms with E-state index in [0.717, 1.165) is 10.3 Å². The van der Waals surface area contributed by atoms with Crippen LogP contribution >= 0.6 is 34.4 Å². The van der Waals surface area contributed by atoms with Crippen LogP contribution in [0.3, 0.4) is 0 Å². The molecule has 0 unspecified atom stereocenters. The monoisotopic (exact) mass is 318 g/mol. The summed E-state index contributed by atoms with van der Waals surface area (Å²) in [6, 6.07) is 9.02. The molecule has 0 aliphatic carbocycles. The Morgan fingerprint density at radius 2 is 1.93 bits per heavy atom. The average Bonchev–Trinajstić information content (AvgIpc) is 2.18. The maximum absolute atomic E-state index is 13.4. The number of fused-ring (bicyclic) bond motifs is 1. The number of thioether (sulfide) groups is 1. The summed E-state index contributed by atoms with van der Waals surface area (Å²) in [6.07, 6.45) is 2.02. The lowest BCUT2D eigenvalue weighted by Crippen LogP contribution is -1.84. The van der Waals surface area contributed by atoms with Gasteiger partial charge in [-0.1, -0.05) is 18.2 Å². The molecule has 0 atom stereocenters. The molecule has 0 bridgehead atoms. The first-order valence-corrected chi connectivity index (χ1v) is 6.45. The molecule has 2 rings (SSSR count). The molecule has 2 aromatic carbocycles. The summed E-state index contributed by atoms with van der Waals surface area (Å²) in [6.45, 7) is 0. The van der Waals surface area contributed by atoms with Crippen molar-refractivity contribution >= 4 is 45.1 Å². The van der Waals surface area contributed by atoms with E-state index < -0.39 is 0 Å². The molecule has 0 saturated heterocycles. The molecule has 0 heterocycles. The van der Waals surface area contributed by atoms with Crippen molar-refractivity contribution in [1.29, 1.82) is 0 Å². The van der Waals surface area contributed by atoms with Crippen LogP contribution in [0.5, 0.6) is 0 Å². The highest BCUT2D eigenvalue weighted by atomic mass is 127. The number of benzene rings is 2. The third-order valence-electron chi connectivity index (χ3n) is 2.11. The first-order valence-electron chi connectivity index (χ1n) is 4.15. The van der Waals surface area contributed by atoms with Gasteiger partial charge in [0, 0.05) is 13.9 Å². The zero-order chi connectivity index (χ0) is 10.1. The van der Waals surface area contributed by atoms with Crippen molar-refractivity contribution in [3.8, 4) is 0 Å². The molecule has 0 aliphatic rings. The van der Waals surface area contributed by atoms with Gasteiger partial charge < -0.3 is 0 Å². The van der Waals surface area contributed by atoms with E-state index in [1.54, 1.807) is 17.8 Å². The molecule has 3 heteroatoms. The van der Waals surface area contributed by atoms with Gasteiger partial charge in [-0.2, -0.15) is 0 Å². The Morgan fingerprint density at radius 1 is 1.14 bits per heavy atom. The van der Waals surface area contributed by atoms with Gasteiger partial charge in [0.05, 0.1) is 0 Å². The van der Waals surface area contributed by atoms with Crippen molar-refractivity contribution in [1.82, 2.24) is 0 Å². The molecule has 72 valence electrons. The van der Waals surface area contributed by atoms with Crippen LogP contribution < -0.4 is 0 Å². The smallest absolute Gasteiger partial charge is 0.131 e. The highest BCUT2D eigenvalue weighted by molar-refractivity contribution is 14.1. The van der Waals surface area contributed by atoms with Gasteiger partial charge in [-0.15, -0.1) is 11.8 Å². The zero-order valence-electron chi connectivity index (χ0n) is 7.55. The third-order valence-corrected chi connectivity index (χ3v) is 4.23. The highest BCUT2D eigenvalue weighted by Gasteiger charge is 2.06. The summed E-state index contributed by atoms with van der Waals surface area (Å²) in [5.41, 5.74) is 0. The second kappa shape index (κ2) is 4.06. The van der Waals surface area contributed by atoms with Crippen molar-refractivity contribution in [2.75, 3.05) is 6.26 Å². The number of hydrogen-bond donors (Lipinski definition) is 0. The molecule has 0 N–H and O–H groups in total. The van der Waals surface area contributed by atoms with E-state index in [4.69, 9.17) is 0 Å². The lowest BCUT2D eigenvalue weighted by molar-refractivity contribution is 0.639. The first kappa shape index (κ1) is 10.2. The Labute approximate surface area is 100 Å². The summed E-state index contributed by atoms with van der Waals surface area (Å²) < 4.78 is 14.6. The van der Waals surface area contributed by atoms with E-state index in [-0.39, 0.29) is 5.82 Å². The Balaban J connectivity index is 2.88. The summed E-state index contributed by atoms with van der Waals surface area (Å²) in [5.74, 6) is -0.144. The third kappa shape index (κ3) is 1.63. The fourth-order valence-electron chi connectivity index (χ4n) is 1.47. The minimum atomic E-state index is -0.144. The maximum Gasteiger partial charge on any atom is 0.131 e. The van der Waals surface area contributed by atoms with Crippen molar-refractivity contribution < 1.29 is 4.39 Å². The van der Waals surface area contributed by atoms with E-state index in [2.05, 4.69) is 22.6 Å². The van der Waals surface area contributed by atoms with Gasteiger partial charge in [0.2, 0.25) is 0 Å². The van der Waals surface area contributed by atoms with Crippen LogP contribution in [0, 0.1) is 9.39 Å². The minimum Gasteiger partial charge on any atom is -0.206 e. The molecular formula is C11H8FIS. The Morgan fingerprint density at radius 3 is 2.64 bits per heavy atom. The van der Waals surface area contributed by atoms with Gasteiger partial charge in [0.15, 0.2) is 0 Å². The number of halogens is 2. The molecule has 0 spiro atoms. The molecule has 0 fully saturated rings. The van der Waals surface area contributed by atoms with Crippen molar-refractivity contribution in [3.63, 3.8) is 0 Å². The number of hydrogen-bond acceptors (Lipinski definition) is 1. The van der Waals surface area contributed by atoms with E-state index in [1.807, 2.05) is 24.5 Å². The van der Waals surface area contributed by atoms with Gasteiger partial charge in [0.25, 0.3) is 0 Å². The predicted molar refractivity (Wildman–Crippen MR) is 68.4 cm³/mol. The quantitative estimate of drug-likeness (QED) is 0.558. The van der Waals surface area contributed by atoms with E-state index in [1.165, 1.54) is 9.64 Å². The molecule has 0 nitrogen and oxygen atoms in total. The van der Waals surface area contributed by atoms with Gasteiger partial charge in [-0.25, -0.2) is 4.39 Å².